The van der Waals surface area contributed by atoms with Crippen molar-refractivity contribution < 1.29 is 4.74 Å². The number of hydrogen-bond acceptors (Lipinski definition) is 3. The van der Waals surface area contributed by atoms with Crippen molar-refractivity contribution in [3.8, 4) is 5.75 Å². The molecule has 4 heteroatoms. The predicted molar refractivity (Wildman–Crippen MR) is 78.8 cm³/mol. The summed E-state index contributed by atoms with van der Waals surface area (Å²) >= 11 is 0. The lowest BCUT2D eigenvalue weighted by molar-refractivity contribution is 0.207. The molecule has 2 heterocycles. The Morgan fingerprint density at radius 3 is 3.10 bits per heavy atom. The maximum atomic E-state index is 6.03. The van der Waals surface area contributed by atoms with Crippen LogP contribution in [-0.4, -0.2) is 21.7 Å². The van der Waals surface area contributed by atoms with Gasteiger partial charge in [-0.25, -0.2) is 4.98 Å². The van der Waals surface area contributed by atoms with E-state index in [4.69, 9.17) is 10.5 Å². The molecule has 0 fully saturated rings. The standard InChI is InChI=1S/C16H21N3O/c1-2-13(17)10-16-18-7-8-19(16)11-14-9-12-5-3-4-6-15(12)20-14/h3-8,13-14H,2,9-11,17H2,1H3. The maximum Gasteiger partial charge on any atom is 0.123 e. The Bertz CT molecular complexity index is 554. The molecule has 0 saturated carbocycles. The normalized spacial score (nSPS) is 18.6. The fourth-order valence-electron chi connectivity index (χ4n) is 2.65. The van der Waals surface area contributed by atoms with Gasteiger partial charge in [0, 0.05) is 31.3 Å². The maximum absolute atomic E-state index is 6.03. The molecule has 1 aliphatic rings. The van der Waals surface area contributed by atoms with Crippen LogP contribution >= 0.6 is 0 Å². The minimum atomic E-state index is 0.179. The van der Waals surface area contributed by atoms with Gasteiger partial charge in [0.25, 0.3) is 0 Å². The van der Waals surface area contributed by atoms with Crippen molar-refractivity contribution in [1.29, 1.82) is 0 Å². The zero-order chi connectivity index (χ0) is 13.9. The zero-order valence-electron chi connectivity index (χ0n) is 11.8. The zero-order valence-corrected chi connectivity index (χ0v) is 11.8. The van der Waals surface area contributed by atoms with Gasteiger partial charge in [-0.1, -0.05) is 25.1 Å². The third-order valence-corrected chi connectivity index (χ3v) is 3.89. The first-order chi connectivity index (χ1) is 9.76. The summed E-state index contributed by atoms with van der Waals surface area (Å²) in [5, 5.41) is 0. The topological polar surface area (TPSA) is 53.1 Å². The van der Waals surface area contributed by atoms with Gasteiger partial charge >= 0.3 is 0 Å². The molecule has 3 rings (SSSR count). The number of fused-ring (bicyclic) bond motifs is 1. The highest BCUT2D eigenvalue weighted by Gasteiger charge is 2.23. The number of nitrogens with two attached hydrogens (primary N) is 1. The van der Waals surface area contributed by atoms with E-state index in [-0.39, 0.29) is 12.1 Å². The summed E-state index contributed by atoms with van der Waals surface area (Å²) < 4.78 is 8.16. The number of rotatable bonds is 5. The molecule has 2 N–H and O–H groups in total. The minimum Gasteiger partial charge on any atom is -0.488 e. The fraction of sp³-hybridized carbons (Fsp3) is 0.438. The van der Waals surface area contributed by atoms with Crippen LogP contribution in [0.25, 0.3) is 0 Å². The van der Waals surface area contributed by atoms with Gasteiger partial charge in [0.15, 0.2) is 0 Å². The molecule has 1 aliphatic heterocycles. The molecule has 106 valence electrons. The Balaban J connectivity index is 1.67. The van der Waals surface area contributed by atoms with Crippen LogP contribution in [-0.2, 0) is 19.4 Å². The quantitative estimate of drug-likeness (QED) is 0.906. The van der Waals surface area contributed by atoms with Gasteiger partial charge in [0.2, 0.25) is 0 Å². The van der Waals surface area contributed by atoms with Gasteiger partial charge in [-0.05, 0) is 18.1 Å². The molecular weight excluding hydrogens is 250 g/mol. The highest BCUT2D eigenvalue weighted by Crippen LogP contribution is 2.28. The van der Waals surface area contributed by atoms with Crippen LogP contribution in [0.2, 0.25) is 0 Å². The van der Waals surface area contributed by atoms with E-state index in [1.807, 2.05) is 24.5 Å². The van der Waals surface area contributed by atoms with E-state index in [0.29, 0.717) is 0 Å². The van der Waals surface area contributed by atoms with Crippen LogP contribution in [0.1, 0.15) is 24.7 Å². The summed E-state index contributed by atoms with van der Waals surface area (Å²) in [6.45, 7) is 2.94. The number of ether oxygens (including phenoxy) is 1. The molecule has 2 unspecified atom stereocenters. The monoisotopic (exact) mass is 271 g/mol. The molecule has 1 aromatic heterocycles. The van der Waals surface area contributed by atoms with Crippen molar-refractivity contribution in [3.63, 3.8) is 0 Å². The lowest BCUT2D eigenvalue weighted by Gasteiger charge is -2.15. The third kappa shape index (κ3) is 2.70. The van der Waals surface area contributed by atoms with Crippen LogP contribution in [0.4, 0.5) is 0 Å². The number of imidazole rings is 1. The van der Waals surface area contributed by atoms with E-state index in [0.717, 1.165) is 37.4 Å². The Morgan fingerprint density at radius 2 is 2.30 bits per heavy atom. The van der Waals surface area contributed by atoms with Crippen molar-refractivity contribution in [1.82, 2.24) is 9.55 Å². The number of nitrogens with zero attached hydrogens (tertiary/aromatic N) is 2. The Labute approximate surface area is 119 Å². The average Bonchev–Trinajstić information content (AvgIpc) is 3.05. The molecule has 0 aliphatic carbocycles. The second-order valence-electron chi connectivity index (χ2n) is 5.42. The third-order valence-electron chi connectivity index (χ3n) is 3.89. The molecule has 0 spiro atoms. The van der Waals surface area contributed by atoms with Crippen molar-refractivity contribution >= 4 is 0 Å². The molecule has 2 aromatic rings. The summed E-state index contributed by atoms with van der Waals surface area (Å²) in [6.07, 6.45) is 6.82. The molecule has 0 saturated heterocycles. The highest BCUT2D eigenvalue weighted by atomic mass is 16.5. The van der Waals surface area contributed by atoms with E-state index in [1.165, 1.54) is 5.56 Å². The van der Waals surface area contributed by atoms with Gasteiger partial charge in [0.1, 0.15) is 17.7 Å². The van der Waals surface area contributed by atoms with E-state index in [1.54, 1.807) is 0 Å². The second kappa shape index (κ2) is 5.67. The van der Waals surface area contributed by atoms with Gasteiger partial charge in [-0.15, -0.1) is 0 Å². The summed E-state index contributed by atoms with van der Waals surface area (Å²) in [4.78, 5) is 4.42. The lowest BCUT2D eigenvalue weighted by Crippen LogP contribution is -2.26. The number of para-hydroxylation sites is 1. The van der Waals surface area contributed by atoms with Gasteiger partial charge < -0.3 is 15.0 Å². The molecular formula is C16H21N3O. The Kier molecular flexibility index (Phi) is 3.74. The van der Waals surface area contributed by atoms with Crippen LogP contribution in [0.3, 0.4) is 0 Å². The number of benzene rings is 1. The largest absolute Gasteiger partial charge is 0.488 e. The molecule has 0 amide bonds. The van der Waals surface area contributed by atoms with Gasteiger partial charge in [-0.2, -0.15) is 0 Å². The van der Waals surface area contributed by atoms with E-state index < -0.39 is 0 Å². The van der Waals surface area contributed by atoms with Gasteiger partial charge in [-0.3, -0.25) is 0 Å². The van der Waals surface area contributed by atoms with Crippen LogP contribution in [0.5, 0.6) is 5.75 Å². The molecule has 1 aromatic carbocycles. The van der Waals surface area contributed by atoms with Crippen molar-refractivity contribution in [2.24, 2.45) is 5.73 Å². The summed E-state index contributed by atoms with van der Waals surface area (Å²) in [5.74, 6) is 2.07. The van der Waals surface area contributed by atoms with E-state index in [2.05, 4.69) is 28.6 Å². The predicted octanol–water partition coefficient (Wildman–Crippen LogP) is 2.17. The first-order valence-corrected chi connectivity index (χ1v) is 7.26. The second-order valence-corrected chi connectivity index (χ2v) is 5.42. The molecule has 4 nitrogen and oxygen atoms in total. The Hall–Kier alpha value is -1.81. The van der Waals surface area contributed by atoms with Crippen LogP contribution in [0, 0.1) is 0 Å². The van der Waals surface area contributed by atoms with Gasteiger partial charge in [0.05, 0.1) is 6.54 Å². The minimum absolute atomic E-state index is 0.179. The van der Waals surface area contributed by atoms with Crippen molar-refractivity contribution in [2.75, 3.05) is 0 Å². The van der Waals surface area contributed by atoms with Crippen molar-refractivity contribution in [3.05, 3.63) is 48.0 Å². The van der Waals surface area contributed by atoms with E-state index >= 15 is 0 Å². The first kappa shape index (κ1) is 13.2. The summed E-state index contributed by atoms with van der Waals surface area (Å²) in [6, 6.07) is 8.43. The number of hydrogen-bond donors (Lipinski definition) is 1. The fourth-order valence-corrected chi connectivity index (χ4v) is 2.65. The smallest absolute Gasteiger partial charge is 0.123 e. The summed E-state index contributed by atoms with van der Waals surface area (Å²) in [5.41, 5.74) is 7.32. The molecule has 0 bridgehead atoms. The molecule has 0 radical (unpaired) electrons. The molecule has 2 atom stereocenters. The van der Waals surface area contributed by atoms with E-state index in [9.17, 15) is 0 Å². The number of aromatic nitrogens is 2. The first-order valence-electron chi connectivity index (χ1n) is 7.26. The lowest BCUT2D eigenvalue weighted by atomic mass is 10.1. The average molecular weight is 271 g/mol. The van der Waals surface area contributed by atoms with Crippen LogP contribution in [0.15, 0.2) is 36.7 Å². The van der Waals surface area contributed by atoms with Crippen molar-refractivity contribution in [2.45, 2.75) is 44.9 Å². The Morgan fingerprint density at radius 1 is 1.45 bits per heavy atom. The SMILES string of the molecule is CCC(N)Cc1nccn1CC1Cc2ccccc2O1. The van der Waals surface area contributed by atoms with Crippen LogP contribution < -0.4 is 10.5 Å². The molecule has 20 heavy (non-hydrogen) atoms. The summed E-state index contributed by atoms with van der Waals surface area (Å²) in [7, 11) is 0. The highest BCUT2D eigenvalue weighted by molar-refractivity contribution is 5.37.